The lowest BCUT2D eigenvalue weighted by molar-refractivity contribution is -0.122. The average molecular weight is 384 g/mol. The Morgan fingerprint density at radius 3 is 2.96 bits per heavy atom. The highest BCUT2D eigenvalue weighted by Gasteiger charge is 2.33. The van der Waals surface area contributed by atoms with Gasteiger partial charge in [0.1, 0.15) is 6.04 Å². The third-order valence-electron chi connectivity index (χ3n) is 4.52. The van der Waals surface area contributed by atoms with Crippen molar-refractivity contribution in [3.05, 3.63) is 70.5 Å². The number of carbonyl (C=O) groups is 1. The van der Waals surface area contributed by atoms with E-state index in [9.17, 15) is 4.79 Å². The van der Waals surface area contributed by atoms with Gasteiger partial charge in [-0.25, -0.2) is 0 Å². The third kappa shape index (κ3) is 2.80. The van der Waals surface area contributed by atoms with Crippen LogP contribution in [0.3, 0.4) is 0 Å². The van der Waals surface area contributed by atoms with E-state index < -0.39 is 0 Å². The second kappa shape index (κ2) is 6.32. The maximum Gasteiger partial charge on any atom is 0.243 e. The first-order valence-corrected chi connectivity index (χ1v) is 8.87. The molecule has 0 aliphatic carbocycles. The number of anilines is 2. The highest BCUT2D eigenvalue weighted by Crippen LogP contribution is 2.41. The highest BCUT2D eigenvalue weighted by atomic mass is 79.9. The van der Waals surface area contributed by atoms with Crippen molar-refractivity contribution in [3.63, 3.8) is 0 Å². The Morgan fingerprint density at radius 1 is 1.29 bits per heavy atom. The lowest BCUT2D eigenvalue weighted by Crippen LogP contribution is -2.48. The predicted octanol–water partition coefficient (Wildman–Crippen LogP) is 3.78. The normalized spacial score (nSPS) is 17.9. The zero-order valence-electron chi connectivity index (χ0n) is 13.1. The molecule has 122 valence electrons. The quantitative estimate of drug-likeness (QED) is 0.847. The number of amides is 1. The third-order valence-corrected chi connectivity index (χ3v) is 4.98. The van der Waals surface area contributed by atoms with E-state index in [-0.39, 0.29) is 11.9 Å². The van der Waals surface area contributed by atoms with Gasteiger partial charge >= 0.3 is 0 Å². The molecule has 0 saturated carbocycles. The van der Waals surface area contributed by atoms with Crippen molar-refractivity contribution in [2.45, 2.75) is 25.4 Å². The van der Waals surface area contributed by atoms with Crippen LogP contribution in [-0.4, -0.2) is 11.9 Å². The van der Waals surface area contributed by atoms with E-state index >= 15 is 0 Å². The van der Waals surface area contributed by atoms with Gasteiger partial charge < -0.3 is 15.5 Å². The number of hydrogen-bond acceptors (Lipinski definition) is 3. The Balaban J connectivity index is 1.55. The Hall–Kier alpha value is -2.27. The lowest BCUT2D eigenvalue weighted by atomic mass is 9.94. The summed E-state index contributed by atoms with van der Waals surface area (Å²) in [4.78, 5) is 14.8. The number of rotatable bonds is 3. The fourth-order valence-electron chi connectivity index (χ4n) is 3.39. The van der Waals surface area contributed by atoms with E-state index in [0.717, 1.165) is 34.3 Å². The van der Waals surface area contributed by atoms with Crippen LogP contribution in [0, 0.1) is 0 Å². The van der Waals surface area contributed by atoms with Gasteiger partial charge in [-0.2, -0.15) is 0 Å². The first kappa shape index (κ1) is 15.3. The molecule has 4 nitrogen and oxygen atoms in total. The van der Waals surface area contributed by atoms with E-state index in [1.165, 1.54) is 5.56 Å². The maximum absolute atomic E-state index is 12.7. The molecule has 2 aliphatic rings. The summed E-state index contributed by atoms with van der Waals surface area (Å²) in [7, 11) is 0. The van der Waals surface area contributed by atoms with Crippen LogP contribution in [0.2, 0.25) is 0 Å². The van der Waals surface area contributed by atoms with Crippen molar-refractivity contribution in [3.8, 4) is 0 Å². The standard InChI is InChI=1S/C19H18BrN3O/c20-15-10-14-6-7-17(23-9-8-21-16(11-15)18(14)23)19(24)22-12-13-4-2-1-3-5-13/h1-5,8-11,17,21H,6-7,12H2,(H,22,24). The fourth-order valence-corrected chi connectivity index (χ4v) is 3.90. The molecule has 24 heavy (non-hydrogen) atoms. The second-order valence-electron chi connectivity index (χ2n) is 6.09. The van der Waals surface area contributed by atoms with Crippen molar-refractivity contribution in [1.82, 2.24) is 5.32 Å². The van der Waals surface area contributed by atoms with Crippen molar-refractivity contribution in [1.29, 1.82) is 0 Å². The minimum absolute atomic E-state index is 0.0740. The van der Waals surface area contributed by atoms with Crippen LogP contribution in [0.15, 0.2) is 59.3 Å². The average Bonchev–Trinajstić information content (AvgIpc) is 2.61. The highest BCUT2D eigenvalue weighted by molar-refractivity contribution is 9.10. The van der Waals surface area contributed by atoms with Crippen LogP contribution in [0.25, 0.3) is 0 Å². The van der Waals surface area contributed by atoms with Gasteiger partial charge in [0.15, 0.2) is 0 Å². The molecule has 2 aliphatic heterocycles. The van der Waals surface area contributed by atoms with Crippen molar-refractivity contribution >= 4 is 33.2 Å². The molecule has 2 aromatic carbocycles. The van der Waals surface area contributed by atoms with Gasteiger partial charge in [0.05, 0.1) is 11.4 Å². The van der Waals surface area contributed by atoms with Gasteiger partial charge in [-0.05, 0) is 36.1 Å². The van der Waals surface area contributed by atoms with Gasteiger partial charge in [-0.3, -0.25) is 4.79 Å². The van der Waals surface area contributed by atoms with Crippen LogP contribution in [0.4, 0.5) is 11.4 Å². The molecule has 0 radical (unpaired) electrons. The molecule has 0 saturated heterocycles. The summed E-state index contributed by atoms with van der Waals surface area (Å²) in [5.74, 6) is 0.0740. The molecule has 0 spiro atoms. The number of halogens is 1. The summed E-state index contributed by atoms with van der Waals surface area (Å²) in [6.07, 6.45) is 5.57. The minimum atomic E-state index is -0.167. The molecule has 1 unspecified atom stereocenters. The summed E-state index contributed by atoms with van der Waals surface area (Å²) in [6.45, 7) is 0.562. The van der Waals surface area contributed by atoms with Gasteiger partial charge in [0.25, 0.3) is 0 Å². The predicted molar refractivity (Wildman–Crippen MR) is 99.8 cm³/mol. The monoisotopic (exact) mass is 383 g/mol. The molecule has 0 aromatic heterocycles. The van der Waals surface area contributed by atoms with Crippen molar-refractivity contribution in [2.24, 2.45) is 0 Å². The van der Waals surface area contributed by atoms with Crippen molar-refractivity contribution < 1.29 is 4.79 Å². The van der Waals surface area contributed by atoms with E-state index in [0.29, 0.717) is 6.54 Å². The molecule has 2 heterocycles. The minimum Gasteiger partial charge on any atom is -0.359 e. The van der Waals surface area contributed by atoms with Crippen LogP contribution >= 0.6 is 15.9 Å². The van der Waals surface area contributed by atoms with Gasteiger partial charge in [0, 0.05) is 23.4 Å². The molecule has 0 bridgehead atoms. The number of hydrogen-bond donors (Lipinski definition) is 2. The molecule has 5 heteroatoms. The summed E-state index contributed by atoms with van der Waals surface area (Å²) in [5, 5.41) is 6.35. The van der Waals surface area contributed by atoms with Crippen LogP contribution in [-0.2, 0) is 17.8 Å². The maximum atomic E-state index is 12.7. The molecule has 0 fully saturated rings. The summed E-state index contributed by atoms with van der Waals surface area (Å²) >= 11 is 3.56. The Bertz CT molecular complexity index is 804. The molecular weight excluding hydrogens is 366 g/mol. The smallest absolute Gasteiger partial charge is 0.243 e. The number of carbonyl (C=O) groups excluding carboxylic acids is 1. The summed E-state index contributed by atoms with van der Waals surface area (Å²) in [5.41, 5.74) is 4.54. The first-order chi connectivity index (χ1) is 11.7. The first-order valence-electron chi connectivity index (χ1n) is 8.08. The van der Waals surface area contributed by atoms with Gasteiger partial charge in [0.2, 0.25) is 5.91 Å². The molecule has 2 N–H and O–H groups in total. The van der Waals surface area contributed by atoms with Crippen LogP contribution in [0.1, 0.15) is 17.5 Å². The van der Waals surface area contributed by atoms with Crippen LogP contribution < -0.4 is 15.5 Å². The topological polar surface area (TPSA) is 44.4 Å². The SMILES string of the molecule is O=C(NCc1ccccc1)C1CCc2cc(Br)cc3c2N1C=CN3. The second-order valence-corrected chi connectivity index (χ2v) is 7.00. The summed E-state index contributed by atoms with van der Waals surface area (Å²) < 4.78 is 1.06. The molecule has 1 amide bonds. The molecular formula is C19H18BrN3O. The van der Waals surface area contributed by atoms with E-state index in [1.54, 1.807) is 0 Å². The zero-order valence-corrected chi connectivity index (χ0v) is 14.7. The molecule has 2 aromatic rings. The number of aryl methyl sites for hydroxylation is 1. The largest absolute Gasteiger partial charge is 0.359 e. The van der Waals surface area contributed by atoms with E-state index in [1.807, 2.05) is 42.7 Å². The fraction of sp³-hybridized carbons (Fsp3) is 0.211. The lowest BCUT2D eigenvalue weighted by Gasteiger charge is -2.39. The van der Waals surface area contributed by atoms with E-state index in [2.05, 4.69) is 43.6 Å². The van der Waals surface area contributed by atoms with Crippen LogP contribution in [0.5, 0.6) is 0 Å². The zero-order chi connectivity index (χ0) is 16.5. The van der Waals surface area contributed by atoms with E-state index in [4.69, 9.17) is 0 Å². The Morgan fingerprint density at radius 2 is 2.12 bits per heavy atom. The number of nitrogens with zero attached hydrogens (tertiary/aromatic N) is 1. The number of benzene rings is 2. The number of nitrogens with one attached hydrogen (secondary N) is 2. The van der Waals surface area contributed by atoms with Crippen molar-refractivity contribution in [2.75, 3.05) is 10.2 Å². The molecule has 1 atom stereocenters. The Labute approximate surface area is 149 Å². The summed E-state index contributed by atoms with van der Waals surface area (Å²) in [6, 6.07) is 14.0. The van der Waals surface area contributed by atoms with Gasteiger partial charge in [-0.1, -0.05) is 46.3 Å². The molecule has 4 rings (SSSR count). The van der Waals surface area contributed by atoms with Gasteiger partial charge in [-0.15, -0.1) is 0 Å². The Kier molecular flexibility index (Phi) is 4.02.